The van der Waals surface area contributed by atoms with Gasteiger partial charge in [-0.2, -0.15) is 5.10 Å². The lowest BCUT2D eigenvalue weighted by Gasteiger charge is -2.33. The molecule has 0 amide bonds. The van der Waals surface area contributed by atoms with E-state index < -0.39 is 5.54 Å². The molecule has 2 aromatic heterocycles. The number of hydrogen-bond donors (Lipinski definition) is 1. The van der Waals surface area contributed by atoms with Crippen LogP contribution in [0.2, 0.25) is 0 Å². The molecule has 0 saturated carbocycles. The monoisotopic (exact) mass is 295 g/mol. The van der Waals surface area contributed by atoms with Crippen molar-refractivity contribution in [3.05, 3.63) is 70.8 Å². The Morgan fingerprint density at radius 2 is 2.14 bits per heavy atom. The van der Waals surface area contributed by atoms with Gasteiger partial charge in [-0.15, -0.1) is 0 Å². The smallest absolute Gasteiger partial charge is 0.123 e. The molecule has 2 N–H and O–H groups in total. The van der Waals surface area contributed by atoms with Crippen LogP contribution in [0.3, 0.4) is 0 Å². The van der Waals surface area contributed by atoms with E-state index in [2.05, 4.69) is 24.2 Å². The third-order valence-corrected chi connectivity index (χ3v) is 4.66. The van der Waals surface area contributed by atoms with Gasteiger partial charge in [-0.25, -0.2) is 8.91 Å². The van der Waals surface area contributed by atoms with E-state index >= 15 is 0 Å². The van der Waals surface area contributed by atoms with Gasteiger partial charge in [0.1, 0.15) is 5.82 Å². The van der Waals surface area contributed by atoms with Crippen LogP contribution in [0.4, 0.5) is 4.39 Å². The Morgan fingerprint density at radius 3 is 2.95 bits per heavy atom. The first-order valence-corrected chi connectivity index (χ1v) is 7.57. The number of pyridine rings is 1. The lowest BCUT2D eigenvalue weighted by atomic mass is 9.76. The molecule has 0 fully saturated rings. The topological polar surface area (TPSA) is 43.3 Å². The van der Waals surface area contributed by atoms with Gasteiger partial charge in [0.05, 0.1) is 11.2 Å². The van der Waals surface area contributed by atoms with Crippen LogP contribution in [0.5, 0.6) is 0 Å². The quantitative estimate of drug-likeness (QED) is 0.749. The Labute approximate surface area is 128 Å². The SMILES string of the molecule is Cc1ccc2c3c(nn2c1)CCC(N)(c1cccc(F)c1)C3. The molecule has 1 aliphatic rings. The highest BCUT2D eigenvalue weighted by Crippen LogP contribution is 2.36. The molecule has 3 nitrogen and oxygen atoms in total. The summed E-state index contributed by atoms with van der Waals surface area (Å²) in [5, 5.41) is 4.68. The summed E-state index contributed by atoms with van der Waals surface area (Å²) < 4.78 is 15.5. The van der Waals surface area contributed by atoms with Crippen LogP contribution in [0.15, 0.2) is 42.6 Å². The van der Waals surface area contributed by atoms with Gasteiger partial charge in [0.15, 0.2) is 0 Å². The number of aromatic nitrogens is 2. The number of benzene rings is 1. The van der Waals surface area contributed by atoms with Crippen molar-refractivity contribution in [1.82, 2.24) is 9.61 Å². The van der Waals surface area contributed by atoms with Gasteiger partial charge in [0, 0.05) is 17.3 Å². The molecular weight excluding hydrogens is 277 g/mol. The van der Waals surface area contributed by atoms with Crippen molar-refractivity contribution in [2.75, 3.05) is 0 Å². The Balaban J connectivity index is 1.81. The van der Waals surface area contributed by atoms with Crippen molar-refractivity contribution in [1.29, 1.82) is 0 Å². The summed E-state index contributed by atoms with van der Waals surface area (Å²) in [4.78, 5) is 0. The zero-order chi connectivity index (χ0) is 15.3. The first kappa shape index (κ1) is 13.5. The van der Waals surface area contributed by atoms with Gasteiger partial charge < -0.3 is 5.73 Å². The molecule has 1 aliphatic carbocycles. The molecule has 4 rings (SSSR count). The van der Waals surface area contributed by atoms with Crippen LogP contribution in [-0.2, 0) is 18.4 Å². The van der Waals surface area contributed by atoms with Crippen molar-refractivity contribution in [3.63, 3.8) is 0 Å². The van der Waals surface area contributed by atoms with E-state index in [1.165, 1.54) is 17.2 Å². The Morgan fingerprint density at radius 1 is 1.27 bits per heavy atom. The van der Waals surface area contributed by atoms with Gasteiger partial charge in [-0.05, 0) is 55.5 Å². The lowest BCUT2D eigenvalue weighted by molar-refractivity contribution is 0.382. The third kappa shape index (κ3) is 2.03. The van der Waals surface area contributed by atoms with Crippen LogP contribution in [0.1, 0.15) is 28.8 Å². The number of halogens is 1. The van der Waals surface area contributed by atoms with Crippen LogP contribution < -0.4 is 5.73 Å². The van der Waals surface area contributed by atoms with Crippen molar-refractivity contribution in [2.24, 2.45) is 5.73 Å². The van der Waals surface area contributed by atoms with Gasteiger partial charge in [-0.1, -0.05) is 18.2 Å². The normalized spacial score (nSPS) is 21.0. The van der Waals surface area contributed by atoms with Gasteiger partial charge >= 0.3 is 0 Å². The third-order valence-electron chi connectivity index (χ3n) is 4.66. The summed E-state index contributed by atoms with van der Waals surface area (Å²) in [5.74, 6) is -0.233. The zero-order valence-corrected chi connectivity index (χ0v) is 12.5. The fraction of sp³-hybridized carbons (Fsp3) is 0.278. The first-order valence-electron chi connectivity index (χ1n) is 7.57. The van der Waals surface area contributed by atoms with E-state index in [0.717, 1.165) is 29.6 Å². The maximum atomic E-state index is 13.6. The molecule has 1 aromatic carbocycles. The molecular formula is C18H18FN3. The summed E-state index contributed by atoms with van der Waals surface area (Å²) in [7, 11) is 0. The molecule has 0 saturated heterocycles. The second kappa shape index (κ2) is 4.65. The van der Waals surface area contributed by atoms with Gasteiger partial charge in [0.25, 0.3) is 0 Å². The van der Waals surface area contributed by atoms with Crippen molar-refractivity contribution >= 4 is 5.52 Å². The molecule has 4 heteroatoms. The number of nitrogens with two attached hydrogens (primary N) is 1. The van der Waals surface area contributed by atoms with Crippen LogP contribution in [0.25, 0.3) is 5.52 Å². The standard InChI is InChI=1S/C18H18FN3/c1-12-5-6-17-15-10-18(20,13-3-2-4-14(19)9-13)8-7-16(15)21-22(17)11-12/h2-6,9,11H,7-8,10,20H2,1H3. The number of nitrogens with zero attached hydrogens (tertiary/aromatic N) is 2. The zero-order valence-electron chi connectivity index (χ0n) is 12.5. The second-order valence-corrected chi connectivity index (χ2v) is 6.30. The van der Waals surface area contributed by atoms with E-state index in [-0.39, 0.29) is 5.82 Å². The average Bonchev–Trinajstić information content (AvgIpc) is 2.84. The number of hydrogen-bond acceptors (Lipinski definition) is 2. The largest absolute Gasteiger partial charge is 0.321 e. The maximum Gasteiger partial charge on any atom is 0.123 e. The molecule has 0 radical (unpaired) electrons. The molecule has 1 unspecified atom stereocenters. The number of aryl methyl sites for hydroxylation is 2. The van der Waals surface area contributed by atoms with Gasteiger partial charge in [0.2, 0.25) is 0 Å². The molecule has 2 heterocycles. The van der Waals surface area contributed by atoms with Crippen LogP contribution in [0, 0.1) is 12.7 Å². The highest BCUT2D eigenvalue weighted by Gasteiger charge is 2.35. The molecule has 0 spiro atoms. The molecule has 1 atom stereocenters. The summed E-state index contributed by atoms with van der Waals surface area (Å²) in [6.45, 7) is 2.06. The Bertz CT molecular complexity index is 868. The van der Waals surface area contributed by atoms with E-state index in [4.69, 9.17) is 5.73 Å². The van der Waals surface area contributed by atoms with Crippen LogP contribution in [-0.4, -0.2) is 9.61 Å². The fourth-order valence-electron chi connectivity index (χ4n) is 3.44. The predicted molar refractivity (Wildman–Crippen MR) is 84.2 cm³/mol. The van der Waals surface area contributed by atoms with E-state index in [0.29, 0.717) is 6.42 Å². The minimum absolute atomic E-state index is 0.233. The highest BCUT2D eigenvalue weighted by atomic mass is 19.1. The predicted octanol–water partition coefficient (Wildman–Crippen LogP) is 3.12. The van der Waals surface area contributed by atoms with Crippen LogP contribution >= 0.6 is 0 Å². The lowest BCUT2D eigenvalue weighted by Crippen LogP contribution is -2.42. The Kier molecular flexibility index (Phi) is 2.84. The molecule has 0 aliphatic heterocycles. The van der Waals surface area contributed by atoms with E-state index in [9.17, 15) is 4.39 Å². The summed E-state index contributed by atoms with van der Waals surface area (Å²) in [5.41, 5.74) is 11.6. The van der Waals surface area contributed by atoms with E-state index in [1.54, 1.807) is 12.1 Å². The Hall–Kier alpha value is -2.20. The first-order chi connectivity index (χ1) is 10.5. The maximum absolute atomic E-state index is 13.6. The number of fused-ring (bicyclic) bond motifs is 3. The number of rotatable bonds is 1. The highest BCUT2D eigenvalue weighted by molar-refractivity contribution is 5.59. The molecule has 3 aromatic rings. The molecule has 112 valence electrons. The van der Waals surface area contributed by atoms with E-state index in [1.807, 2.05) is 16.8 Å². The summed E-state index contributed by atoms with van der Waals surface area (Å²) in [6, 6.07) is 10.9. The fourth-order valence-corrected chi connectivity index (χ4v) is 3.44. The molecule has 0 bridgehead atoms. The minimum Gasteiger partial charge on any atom is -0.321 e. The second-order valence-electron chi connectivity index (χ2n) is 6.30. The summed E-state index contributed by atoms with van der Waals surface area (Å²) >= 11 is 0. The molecule has 22 heavy (non-hydrogen) atoms. The average molecular weight is 295 g/mol. The van der Waals surface area contributed by atoms with Gasteiger partial charge in [-0.3, -0.25) is 0 Å². The summed E-state index contributed by atoms with van der Waals surface area (Å²) in [6.07, 6.45) is 4.34. The van der Waals surface area contributed by atoms with Crippen molar-refractivity contribution in [2.45, 2.75) is 31.7 Å². The van der Waals surface area contributed by atoms with Crippen molar-refractivity contribution in [3.8, 4) is 0 Å². The van der Waals surface area contributed by atoms with Crippen molar-refractivity contribution < 1.29 is 4.39 Å². The minimum atomic E-state index is -0.524.